The monoisotopic (exact) mass is 756 g/mol. The number of alkyl halides is 3. The second-order valence-electron chi connectivity index (χ2n) is 14.6. The van der Waals surface area contributed by atoms with E-state index >= 15 is 0 Å². The topological polar surface area (TPSA) is 94.6 Å². The van der Waals surface area contributed by atoms with Gasteiger partial charge in [0.25, 0.3) is 0 Å². The normalized spacial score (nSPS) is 22.4. The number of carbonyl (C=O) groups is 2. The van der Waals surface area contributed by atoms with E-state index in [1.807, 2.05) is 78.9 Å². The molecule has 9 nitrogen and oxygen atoms in total. The zero-order chi connectivity index (χ0) is 38.4. The molecule has 3 aliphatic heterocycles. The third-order valence-corrected chi connectivity index (χ3v) is 10.8. The number of hydrogen-bond acceptors (Lipinski definition) is 7. The number of ether oxygens (including phenoxy) is 2. The number of halogens is 3. The third kappa shape index (κ3) is 9.81. The van der Waals surface area contributed by atoms with Crippen LogP contribution in [0, 0.1) is 0 Å². The molecule has 0 spiro atoms. The summed E-state index contributed by atoms with van der Waals surface area (Å²) < 4.78 is 52.4. The van der Waals surface area contributed by atoms with Crippen molar-refractivity contribution in [2.45, 2.75) is 69.7 Å². The third-order valence-electron chi connectivity index (χ3n) is 10.8. The summed E-state index contributed by atoms with van der Waals surface area (Å²) in [6, 6.07) is 32.9. The zero-order valence-electron chi connectivity index (χ0n) is 30.7. The molecule has 0 radical (unpaired) electrons. The van der Waals surface area contributed by atoms with Crippen LogP contribution in [-0.2, 0) is 38.8 Å². The summed E-state index contributed by atoms with van der Waals surface area (Å²) in [5.41, 5.74) is 6.71. The SMILES string of the molecule is O=C(NCc1cccc(-c2ccc([C@H]3O[C@@H](CN4CCN(Cc5ccccc5)CC4)C[C@@H](c4ccc(CO)cc4)O3)cc2)c1)[C@@H]1CCCN1C(=O)C(F)(F)F. The largest absolute Gasteiger partial charge is 0.471 e. The van der Waals surface area contributed by atoms with Crippen molar-refractivity contribution in [2.24, 2.45) is 0 Å². The number of benzene rings is 4. The molecule has 290 valence electrons. The maximum Gasteiger partial charge on any atom is 0.471 e. The van der Waals surface area contributed by atoms with Crippen molar-refractivity contribution >= 4 is 11.8 Å². The van der Waals surface area contributed by atoms with Crippen LogP contribution < -0.4 is 5.32 Å². The summed E-state index contributed by atoms with van der Waals surface area (Å²) in [6.07, 6.45) is -4.61. The molecule has 3 fully saturated rings. The van der Waals surface area contributed by atoms with Crippen LogP contribution in [0.25, 0.3) is 11.1 Å². The Hall–Kier alpha value is -4.59. The summed E-state index contributed by atoms with van der Waals surface area (Å²) in [4.78, 5) is 30.3. The van der Waals surface area contributed by atoms with Crippen LogP contribution in [-0.4, -0.2) is 89.2 Å². The molecule has 4 aromatic carbocycles. The lowest BCUT2D eigenvalue weighted by Crippen LogP contribution is -2.50. The minimum atomic E-state index is -5.02. The molecule has 4 aromatic rings. The standard InChI is InChI=1S/C43H47F3N4O5/c44-43(45,46)42(53)50-19-5-10-38(50)40(52)47-26-32-8-4-9-36(24-32)33-15-17-35(18-16-33)41-54-37(25-39(55-41)34-13-11-31(29-51)12-14-34)28-49-22-20-48(21-23-49)27-30-6-2-1-3-7-30/h1-4,6-9,11-18,24,37-39,41,51H,5,10,19-23,25-29H2,(H,47,52)/t37-,38+,39+,41+/m1/s1. The molecular formula is C43H47F3N4O5. The minimum absolute atomic E-state index is 0.0208. The molecule has 0 aliphatic carbocycles. The molecule has 2 amide bonds. The van der Waals surface area contributed by atoms with E-state index in [0.717, 1.165) is 72.6 Å². The second kappa shape index (κ2) is 17.5. The molecule has 3 heterocycles. The van der Waals surface area contributed by atoms with Crippen molar-refractivity contribution in [1.29, 1.82) is 0 Å². The molecule has 3 saturated heterocycles. The summed E-state index contributed by atoms with van der Waals surface area (Å²) in [6.45, 7) is 5.65. The fourth-order valence-electron chi connectivity index (χ4n) is 7.74. The van der Waals surface area contributed by atoms with Gasteiger partial charge in [-0.3, -0.25) is 19.4 Å². The minimum Gasteiger partial charge on any atom is -0.392 e. The first-order chi connectivity index (χ1) is 26.6. The van der Waals surface area contributed by atoms with E-state index in [9.17, 15) is 27.9 Å². The summed E-state index contributed by atoms with van der Waals surface area (Å²) in [5.74, 6) is -2.57. The van der Waals surface area contributed by atoms with Gasteiger partial charge in [0.1, 0.15) is 6.04 Å². The van der Waals surface area contributed by atoms with Gasteiger partial charge in [-0.25, -0.2) is 0 Å². The van der Waals surface area contributed by atoms with Crippen LogP contribution in [0.3, 0.4) is 0 Å². The highest BCUT2D eigenvalue weighted by molar-refractivity contribution is 5.90. The predicted molar refractivity (Wildman–Crippen MR) is 201 cm³/mol. The molecule has 12 heteroatoms. The average molecular weight is 757 g/mol. The van der Waals surface area contributed by atoms with Crippen LogP contribution in [0.4, 0.5) is 13.2 Å². The Kier molecular flexibility index (Phi) is 12.3. The highest BCUT2D eigenvalue weighted by Gasteiger charge is 2.47. The van der Waals surface area contributed by atoms with Crippen molar-refractivity contribution in [3.63, 3.8) is 0 Å². The van der Waals surface area contributed by atoms with Gasteiger partial charge >= 0.3 is 12.1 Å². The molecule has 0 bridgehead atoms. The number of hydrogen-bond donors (Lipinski definition) is 2. The van der Waals surface area contributed by atoms with Gasteiger partial charge < -0.3 is 24.8 Å². The van der Waals surface area contributed by atoms with Crippen LogP contribution in [0.15, 0.2) is 103 Å². The van der Waals surface area contributed by atoms with E-state index in [-0.39, 0.29) is 38.3 Å². The molecular weight excluding hydrogens is 709 g/mol. The van der Waals surface area contributed by atoms with Gasteiger partial charge in [0.2, 0.25) is 5.91 Å². The van der Waals surface area contributed by atoms with E-state index in [1.165, 1.54) is 5.56 Å². The first kappa shape index (κ1) is 38.7. The van der Waals surface area contributed by atoms with Gasteiger partial charge in [0, 0.05) is 64.3 Å². The van der Waals surface area contributed by atoms with Crippen molar-refractivity contribution in [3.05, 3.63) is 131 Å². The number of nitrogens with one attached hydrogen (secondary N) is 1. The number of aliphatic hydroxyl groups is 1. The number of carbonyl (C=O) groups excluding carboxylic acids is 2. The van der Waals surface area contributed by atoms with Gasteiger partial charge in [-0.05, 0) is 52.3 Å². The quantitative estimate of drug-likeness (QED) is 0.184. The molecule has 2 N–H and O–H groups in total. The first-order valence-corrected chi connectivity index (χ1v) is 19.0. The zero-order valence-corrected chi connectivity index (χ0v) is 30.7. The predicted octanol–water partition coefficient (Wildman–Crippen LogP) is 6.38. The number of piperazine rings is 1. The van der Waals surface area contributed by atoms with Gasteiger partial charge in [-0.15, -0.1) is 0 Å². The lowest BCUT2D eigenvalue weighted by Gasteiger charge is -2.40. The molecule has 3 aliphatic rings. The van der Waals surface area contributed by atoms with Gasteiger partial charge in [0.15, 0.2) is 6.29 Å². The number of nitrogens with zero attached hydrogens (tertiary/aromatic N) is 3. The Labute approximate surface area is 319 Å². The van der Waals surface area contributed by atoms with Crippen molar-refractivity contribution in [1.82, 2.24) is 20.0 Å². The second-order valence-corrected chi connectivity index (χ2v) is 14.6. The maximum absolute atomic E-state index is 13.1. The number of likely N-dealkylation sites (tertiary alicyclic amines) is 1. The first-order valence-electron chi connectivity index (χ1n) is 19.0. The smallest absolute Gasteiger partial charge is 0.392 e. The fourth-order valence-corrected chi connectivity index (χ4v) is 7.74. The molecule has 4 atom stereocenters. The molecule has 7 rings (SSSR count). The van der Waals surface area contributed by atoms with E-state index in [1.54, 1.807) is 0 Å². The van der Waals surface area contributed by atoms with E-state index in [0.29, 0.717) is 17.7 Å². The highest BCUT2D eigenvalue weighted by atomic mass is 19.4. The lowest BCUT2D eigenvalue weighted by atomic mass is 9.98. The Balaban J connectivity index is 0.993. The maximum atomic E-state index is 13.1. The summed E-state index contributed by atoms with van der Waals surface area (Å²) in [7, 11) is 0. The summed E-state index contributed by atoms with van der Waals surface area (Å²) in [5, 5.41) is 12.3. The molecule has 55 heavy (non-hydrogen) atoms. The van der Waals surface area contributed by atoms with Gasteiger partial charge in [0.05, 0.1) is 18.8 Å². The number of aliphatic hydroxyl groups excluding tert-OH is 1. The fraction of sp³-hybridized carbons (Fsp3) is 0.395. The van der Waals surface area contributed by atoms with Crippen LogP contribution in [0.2, 0.25) is 0 Å². The van der Waals surface area contributed by atoms with E-state index < -0.39 is 30.3 Å². The highest BCUT2D eigenvalue weighted by Crippen LogP contribution is 2.39. The Morgan fingerprint density at radius 3 is 2.15 bits per heavy atom. The Bertz CT molecular complexity index is 1890. The summed E-state index contributed by atoms with van der Waals surface area (Å²) >= 11 is 0. The Morgan fingerprint density at radius 1 is 0.745 bits per heavy atom. The van der Waals surface area contributed by atoms with E-state index in [4.69, 9.17) is 9.47 Å². The molecule has 0 unspecified atom stereocenters. The van der Waals surface area contributed by atoms with Crippen LogP contribution >= 0.6 is 0 Å². The Morgan fingerprint density at radius 2 is 1.44 bits per heavy atom. The van der Waals surface area contributed by atoms with Crippen LogP contribution in [0.5, 0.6) is 0 Å². The average Bonchev–Trinajstić information content (AvgIpc) is 3.71. The lowest BCUT2D eigenvalue weighted by molar-refractivity contribution is -0.253. The number of amides is 2. The van der Waals surface area contributed by atoms with Gasteiger partial charge in [-0.1, -0.05) is 97.1 Å². The number of rotatable bonds is 11. The van der Waals surface area contributed by atoms with Crippen molar-refractivity contribution < 1.29 is 37.3 Å². The molecule has 0 aromatic heterocycles. The van der Waals surface area contributed by atoms with Gasteiger partial charge in [-0.2, -0.15) is 13.2 Å². The van der Waals surface area contributed by atoms with Crippen molar-refractivity contribution in [3.8, 4) is 11.1 Å². The van der Waals surface area contributed by atoms with E-state index in [2.05, 4.69) is 39.4 Å². The van der Waals surface area contributed by atoms with Crippen molar-refractivity contribution in [2.75, 3.05) is 39.3 Å². The molecule has 0 saturated carbocycles. The van der Waals surface area contributed by atoms with Crippen LogP contribution in [0.1, 0.15) is 59.5 Å².